The maximum Gasteiger partial charge on any atom is 0.341 e. The first-order chi connectivity index (χ1) is 10.7. The van der Waals surface area contributed by atoms with E-state index in [1.165, 1.54) is 4.68 Å². The van der Waals surface area contributed by atoms with Crippen molar-refractivity contribution >= 4 is 5.97 Å². The Bertz CT molecular complexity index is 560. The predicted octanol–water partition coefficient (Wildman–Crippen LogP) is 2.45. The zero-order chi connectivity index (χ0) is 17.2. The first-order valence-corrected chi connectivity index (χ1v) is 7.64. The molecule has 6 nitrogen and oxygen atoms in total. The molecule has 0 N–H and O–H groups in total. The molecule has 1 fully saturated rings. The van der Waals surface area contributed by atoms with Gasteiger partial charge in [-0.1, -0.05) is 0 Å². The predicted molar refractivity (Wildman–Crippen MR) is 79.3 cm³/mol. The van der Waals surface area contributed by atoms with Crippen molar-refractivity contribution in [2.75, 3.05) is 19.7 Å². The van der Waals surface area contributed by atoms with Gasteiger partial charge in [0.2, 0.25) is 0 Å². The van der Waals surface area contributed by atoms with Gasteiger partial charge in [0.05, 0.1) is 31.2 Å². The van der Waals surface area contributed by atoms with Gasteiger partial charge in [-0.2, -0.15) is 5.10 Å². The third-order valence-electron chi connectivity index (χ3n) is 3.56. The number of hydrogen-bond donors (Lipinski definition) is 0. The second kappa shape index (κ2) is 6.92. The molecule has 2 rings (SSSR count). The summed E-state index contributed by atoms with van der Waals surface area (Å²) in [6.45, 7) is 8.98. The van der Waals surface area contributed by atoms with Crippen molar-refractivity contribution in [1.82, 2.24) is 14.7 Å². The lowest BCUT2D eigenvalue weighted by Crippen LogP contribution is -2.52. The molecule has 0 spiro atoms. The van der Waals surface area contributed by atoms with Crippen LogP contribution in [-0.4, -0.2) is 52.1 Å². The minimum atomic E-state index is -2.80. The van der Waals surface area contributed by atoms with Gasteiger partial charge in [0.1, 0.15) is 11.3 Å². The van der Waals surface area contributed by atoms with Crippen molar-refractivity contribution in [3.05, 3.63) is 17.5 Å². The Kier molecular flexibility index (Phi) is 5.36. The van der Waals surface area contributed by atoms with Crippen LogP contribution in [0, 0.1) is 0 Å². The highest BCUT2D eigenvalue weighted by atomic mass is 19.3. The minimum absolute atomic E-state index is 0.00570. The maximum atomic E-state index is 13.4. The topological polar surface area (TPSA) is 56.6 Å². The summed E-state index contributed by atoms with van der Waals surface area (Å²) in [5.74, 6) is -0.773. The number of aromatic nitrogens is 2. The van der Waals surface area contributed by atoms with Crippen LogP contribution in [0.25, 0.3) is 0 Å². The highest BCUT2D eigenvalue weighted by Crippen LogP contribution is 2.26. The van der Waals surface area contributed by atoms with Crippen molar-refractivity contribution in [2.24, 2.45) is 0 Å². The van der Waals surface area contributed by atoms with Crippen molar-refractivity contribution in [3.63, 3.8) is 0 Å². The quantitative estimate of drug-likeness (QED) is 0.776. The Hall–Kier alpha value is -1.54. The molecule has 0 unspecified atom stereocenters. The first kappa shape index (κ1) is 17.8. The van der Waals surface area contributed by atoms with E-state index < -0.39 is 18.1 Å². The number of carbonyl (C=O) groups is 1. The van der Waals surface area contributed by atoms with Crippen molar-refractivity contribution in [2.45, 2.75) is 52.5 Å². The van der Waals surface area contributed by atoms with Gasteiger partial charge in [-0.15, -0.1) is 0 Å². The number of esters is 1. The van der Waals surface area contributed by atoms with Crippen LogP contribution in [0.5, 0.6) is 0 Å². The first-order valence-electron chi connectivity index (χ1n) is 7.64. The smallest absolute Gasteiger partial charge is 0.341 e. The second-order valence-electron chi connectivity index (χ2n) is 6.31. The molecule has 0 bridgehead atoms. The SMILES string of the molecule is CCOC(=O)c1cnn(CN2C[C@H](C)OC(C)(C)C2)c1C(F)F. The molecule has 2 heterocycles. The Morgan fingerprint density at radius 2 is 2.26 bits per heavy atom. The summed E-state index contributed by atoms with van der Waals surface area (Å²) < 4.78 is 38.6. The average Bonchev–Trinajstić information content (AvgIpc) is 2.80. The molecule has 0 radical (unpaired) electrons. The van der Waals surface area contributed by atoms with Gasteiger partial charge in [0, 0.05) is 13.1 Å². The molecule has 1 aliphatic heterocycles. The van der Waals surface area contributed by atoms with Crippen LogP contribution in [0.4, 0.5) is 8.78 Å². The molecule has 8 heteroatoms. The van der Waals surface area contributed by atoms with Crippen LogP contribution < -0.4 is 0 Å². The van der Waals surface area contributed by atoms with E-state index in [1.54, 1.807) is 6.92 Å². The average molecular weight is 331 g/mol. The van der Waals surface area contributed by atoms with Crippen LogP contribution in [0.3, 0.4) is 0 Å². The number of rotatable bonds is 5. The van der Waals surface area contributed by atoms with Gasteiger partial charge in [-0.3, -0.25) is 4.90 Å². The highest BCUT2D eigenvalue weighted by molar-refractivity contribution is 5.90. The van der Waals surface area contributed by atoms with Crippen LogP contribution in [0.1, 0.15) is 50.2 Å². The molecule has 0 saturated carbocycles. The molecule has 130 valence electrons. The van der Waals surface area contributed by atoms with Crippen LogP contribution >= 0.6 is 0 Å². The number of hydrogen-bond acceptors (Lipinski definition) is 5. The van der Waals surface area contributed by atoms with E-state index in [1.807, 2.05) is 25.7 Å². The molecule has 0 aliphatic carbocycles. The Morgan fingerprint density at radius 1 is 1.57 bits per heavy atom. The summed E-state index contributed by atoms with van der Waals surface area (Å²) in [5, 5.41) is 3.96. The van der Waals surface area contributed by atoms with Crippen molar-refractivity contribution in [3.8, 4) is 0 Å². The van der Waals surface area contributed by atoms with Gasteiger partial charge >= 0.3 is 5.97 Å². The summed E-state index contributed by atoms with van der Waals surface area (Å²) in [4.78, 5) is 13.8. The van der Waals surface area contributed by atoms with Gasteiger partial charge in [0.15, 0.2) is 0 Å². The molecule has 23 heavy (non-hydrogen) atoms. The lowest BCUT2D eigenvalue weighted by Gasteiger charge is -2.41. The Morgan fingerprint density at radius 3 is 2.83 bits per heavy atom. The summed E-state index contributed by atoms with van der Waals surface area (Å²) >= 11 is 0. The van der Waals surface area contributed by atoms with Crippen LogP contribution in [-0.2, 0) is 16.1 Å². The zero-order valence-electron chi connectivity index (χ0n) is 13.9. The van der Waals surface area contributed by atoms with Crippen LogP contribution in [0.2, 0.25) is 0 Å². The van der Waals surface area contributed by atoms with Gasteiger partial charge in [0.25, 0.3) is 6.43 Å². The highest BCUT2D eigenvalue weighted by Gasteiger charge is 2.33. The van der Waals surface area contributed by atoms with Gasteiger partial charge < -0.3 is 9.47 Å². The third kappa shape index (κ3) is 4.26. The molecule has 1 saturated heterocycles. The molecular weight excluding hydrogens is 308 g/mol. The largest absolute Gasteiger partial charge is 0.462 e. The van der Waals surface area contributed by atoms with Crippen molar-refractivity contribution in [1.29, 1.82) is 0 Å². The van der Waals surface area contributed by atoms with E-state index in [2.05, 4.69) is 5.10 Å². The number of alkyl halides is 2. The molecule has 1 atom stereocenters. The lowest BCUT2D eigenvalue weighted by molar-refractivity contribution is -0.136. The molecule has 0 aromatic carbocycles. The number of nitrogens with zero attached hydrogens (tertiary/aromatic N) is 3. The summed E-state index contributed by atoms with van der Waals surface area (Å²) in [6, 6.07) is 0. The van der Waals surface area contributed by atoms with E-state index in [4.69, 9.17) is 9.47 Å². The number of ether oxygens (including phenoxy) is 2. The minimum Gasteiger partial charge on any atom is -0.462 e. The Balaban J connectivity index is 2.21. The number of carbonyl (C=O) groups excluding carboxylic acids is 1. The fraction of sp³-hybridized carbons (Fsp3) is 0.733. The molecule has 1 aromatic heterocycles. The lowest BCUT2D eigenvalue weighted by atomic mass is 10.1. The molecule has 0 amide bonds. The van der Waals surface area contributed by atoms with Gasteiger partial charge in [-0.25, -0.2) is 18.3 Å². The second-order valence-corrected chi connectivity index (χ2v) is 6.31. The number of morpholine rings is 1. The zero-order valence-corrected chi connectivity index (χ0v) is 13.9. The summed E-state index contributed by atoms with van der Waals surface area (Å²) in [6.07, 6.45) is -1.66. The van der Waals surface area contributed by atoms with E-state index in [0.717, 1.165) is 6.20 Å². The maximum absolute atomic E-state index is 13.4. The molecule has 1 aromatic rings. The standard InChI is InChI=1S/C15H23F2N3O3/c1-5-22-14(21)11-6-18-20(12(11)13(16)17)9-19-7-10(2)23-15(3,4)8-19/h6,10,13H,5,7-9H2,1-4H3/t10-/m0/s1. The molecule has 1 aliphatic rings. The third-order valence-corrected chi connectivity index (χ3v) is 3.56. The normalized spacial score (nSPS) is 21.6. The fourth-order valence-electron chi connectivity index (χ4n) is 2.99. The number of halogens is 2. The molecular formula is C15H23F2N3O3. The monoisotopic (exact) mass is 331 g/mol. The van der Waals surface area contributed by atoms with Crippen LogP contribution in [0.15, 0.2) is 6.20 Å². The summed E-state index contributed by atoms with van der Waals surface area (Å²) in [7, 11) is 0. The van der Waals surface area contributed by atoms with E-state index >= 15 is 0 Å². The van der Waals surface area contributed by atoms with E-state index in [-0.39, 0.29) is 30.5 Å². The van der Waals surface area contributed by atoms with E-state index in [0.29, 0.717) is 13.1 Å². The van der Waals surface area contributed by atoms with Crippen molar-refractivity contribution < 1.29 is 23.0 Å². The Labute approximate surface area is 134 Å². The van der Waals surface area contributed by atoms with E-state index in [9.17, 15) is 13.6 Å². The summed E-state index contributed by atoms with van der Waals surface area (Å²) in [5.41, 5.74) is -0.942. The fourth-order valence-corrected chi connectivity index (χ4v) is 2.99. The van der Waals surface area contributed by atoms with Gasteiger partial charge in [-0.05, 0) is 27.7 Å².